The molecule has 18 heavy (non-hydrogen) atoms. The van der Waals surface area contributed by atoms with Crippen LogP contribution in [0, 0.1) is 0 Å². The maximum atomic E-state index is 10.3. The number of rotatable bonds is 3. The summed E-state index contributed by atoms with van der Waals surface area (Å²) >= 11 is 1.55. The van der Waals surface area contributed by atoms with Crippen molar-refractivity contribution in [1.82, 2.24) is 14.8 Å². The van der Waals surface area contributed by atoms with Gasteiger partial charge in [0.2, 0.25) is 0 Å². The molecule has 0 saturated carbocycles. The van der Waals surface area contributed by atoms with E-state index < -0.39 is 6.10 Å². The van der Waals surface area contributed by atoms with Crippen LogP contribution in [-0.2, 0) is 13.5 Å². The number of aromatic nitrogens is 3. The highest BCUT2D eigenvalue weighted by Gasteiger charge is 2.17. The summed E-state index contributed by atoms with van der Waals surface area (Å²) in [5, 5.41) is 18.6. The zero-order valence-electron chi connectivity index (χ0n) is 9.95. The van der Waals surface area contributed by atoms with Gasteiger partial charge in [0, 0.05) is 30.4 Å². The van der Waals surface area contributed by atoms with Gasteiger partial charge in [-0.1, -0.05) is 18.2 Å². The number of nitrogens with zero attached hydrogens (tertiary/aromatic N) is 3. The molecule has 1 N–H and O–H groups in total. The van der Waals surface area contributed by atoms with Gasteiger partial charge in [-0.2, -0.15) is 5.10 Å². The van der Waals surface area contributed by atoms with Crippen molar-refractivity contribution in [3.63, 3.8) is 0 Å². The van der Waals surface area contributed by atoms with Gasteiger partial charge in [-0.3, -0.25) is 4.68 Å². The molecule has 0 bridgehead atoms. The van der Waals surface area contributed by atoms with E-state index in [2.05, 4.69) is 10.1 Å². The first-order valence-electron chi connectivity index (χ1n) is 5.74. The average Bonchev–Trinajstić information content (AvgIpc) is 2.98. The van der Waals surface area contributed by atoms with Gasteiger partial charge in [0.25, 0.3) is 0 Å². The third-order valence-corrected chi connectivity index (χ3v) is 3.76. The molecule has 2 aromatic heterocycles. The number of fused-ring (bicyclic) bond motifs is 1. The van der Waals surface area contributed by atoms with Crippen molar-refractivity contribution in [3.8, 4) is 0 Å². The van der Waals surface area contributed by atoms with Gasteiger partial charge in [0.05, 0.1) is 16.2 Å². The summed E-state index contributed by atoms with van der Waals surface area (Å²) in [5.74, 6) is 0. The summed E-state index contributed by atoms with van der Waals surface area (Å²) in [7, 11) is 1.89. The lowest BCUT2D eigenvalue weighted by Crippen LogP contribution is -2.03. The molecule has 1 aromatic carbocycles. The van der Waals surface area contributed by atoms with E-state index in [9.17, 15) is 5.11 Å². The molecule has 0 aliphatic carbocycles. The molecule has 0 radical (unpaired) electrons. The van der Waals surface area contributed by atoms with Crippen LogP contribution in [0.1, 0.15) is 16.8 Å². The van der Waals surface area contributed by atoms with Crippen LogP contribution in [0.15, 0.2) is 35.8 Å². The Labute approximate surface area is 109 Å². The molecule has 0 amide bonds. The van der Waals surface area contributed by atoms with Crippen LogP contribution in [0.3, 0.4) is 0 Å². The number of hydrogen-bond donors (Lipinski definition) is 1. The fraction of sp³-hybridized carbons (Fsp3) is 0.231. The monoisotopic (exact) mass is 259 g/mol. The second-order valence-corrected chi connectivity index (χ2v) is 5.15. The molecule has 4 nitrogen and oxygen atoms in total. The Kier molecular flexibility index (Phi) is 2.85. The van der Waals surface area contributed by atoms with Crippen LogP contribution >= 0.6 is 11.3 Å². The molecule has 3 aromatic rings. The van der Waals surface area contributed by atoms with Gasteiger partial charge >= 0.3 is 0 Å². The molecule has 92 valence electrons. The molecule has 0 aliphatic rings. The van der Waals surface area contributed by atoms with E-state index in [0.717, 1.165) is 21.6 Å². The number of aliphatic hydroxyl groups is 1. The first-order chi connectivity index (χ1) is 8.75. The van der Waals surface area contributed by atoms with Crippen molar-refractivity contribution >= 4 is 22.2 Å². The predicted octanol–water partition coefficient (Wildman–Crippen LogP) is 2.31. The minimum Gasteiger partial charge on any atom is -0.386 e. The van der Waals surface area contributed by atoms with Crippen molar-refractivity contribution in [2.75, 3.05) is 0 Å². The first kappa shape index (κ1) is 11.4. The highest BCUT2D eigenvalue weighted by atomic mass is 32.1. The summed E-state index contributed by atoms with van der Waals surface area (Å²) in [5.41, 5.74) is 1.76. The highest BCUT2D eigenvalue weighted by molar-refractivity contribution is 7.09. The van der Waals surface area contributed by atoms with Crippen LogP contribution in [0.5, 0.6) is 0 Å². The summed E-state index contributed by atoms with van der Waals surface area (Å²) in [6.07, 6.45) is 1.66. The van der Waals surface area contributed by atoms with E-state index in [0.29, 0.717) is 6.42 Å². The maximum Gasteiger partial charge on any atom is 0.105 e. The molecule has 3 rings (SSSR count). The number of hydrogen-bond acceptors (Lipinski definition) is 4. The SMILES string of the molecule is Cn1nc(C(O)Cc2nccs2)c2ccccc21. The Bertz CT molecular complexity index is 660. The zero-order valence-corrected chi connectivity index (χ0v) is 10.8. The molecular formula is C13H13N3OS. The fourth-order valence-corrected chi connectivity index (χ4v) is 2.76. The van der Waals surface area contributed by atoms with Gasteiger partial charge in [0.1, 0.15) is 6.10 Å². The van der Waals surface area contributed by atoms with E-state index in [1.54, 1.807) is 22.2 Å². The molecule has 0 fully saturated rings. The first-order valence-corrected chi connectivity index (χ1v) is 6.62. The lowest BCUT2D eigenvalue weighted by Gasteiger charge is -2.05. The quantitative estimate of drug-likeness (QED) is 0.785. The van der Waals surface area contributed by atoms with Gasteiger partial charge in [-0.05, 0) is 6.07 Å². The lowest BCUT2D eigenvalue weighted by molar-refractivity contribution is 0.174. The molecule has 1 atom stereocenters. The van der Waals surface area contributed by atoms with Crippen LogP contribution in [0.4, 0.5) is 0 Å². The van der Waals surface area contributed by atoms with Gasteiger partial charge in [0.15, 0.2) is 0 Å². The predicted molar refractivity (Wildman–Crippen MR) is 71.5 cm³/mol. The molecular weight excluding hydrogens is 246 g/mol. The second kappa shape index (κ2) is 4.51. The van der Waals surface area contributed by atoms with Crippen molar-refractivity contribution < 1.29 is 5.11 Å². The number of aryl methyl sites for hydroxylation is 1. The Morgan fingerprint density at radius 2 is 2.22 bits per heavy atom. The minimum absolute atomic E-state index is 0.513. The second-order valence-electron chi connectivity index (χ2n) is 4.17. The minimum atomic E-state index is -0.609. The third kappa shape index (κ3) is 1.91. The third-order valence-electron chi connectivity index (χ3n) is 2.95. The van der Waals surface area contributed by atoms with Crippen LogP contribution in [0.25, 0.3) is 10.9 Å². The van der Waals surface area contributed by atoms with Crippen LogP contribution in [-0.4, -0.2) is 19.9 Å². The molecule has 1 unspecified atom stereocenters. The Hall–Kier alpha value is -1.72. The molecule has 0 spiro atoms. The van der Waals surface area contributed by atoms with Gasteiger partial charge in [-0.25, -0.2) is 4.98 Å². The van der Waals surface area contributed by atoms with Crippen molar-refractivity contribution in [1.29, 1.82) is 0 Å². The summed E-state index contributed by atoms with van der Waals surface area (Å²) in [6, 6.07) is 7.93. The number of aliphatic hydroxyl groups excluding tert-OH is 1. The number of thiazole rings is 1. The molecule has 0 saturated heterocycles. The van der Waals surface area contributed by atoms with Crippen LogP contribution < -0.4 is 0 Å². The average molecular weight is 259 g/mol. The highest BCUT2D eigenvalue weighted by Crippen LogP contribution is 2.25. The molecule has 2 heterocycles. The van der Waals surface area contributed by atoms with Crippen molar-refractivity contribution in [2.24, 2.45) is 7.05 Å². The number of para-hydroxylation sites is 1. The Morgan fingerprint density at radius 1 is 1.39 bits per heavy atom. The topological polar surface area (TPSA) is 50.9 Å². The standard InChI is InChI=1S/C13H13N3OS/c1-16-10-5-3-2-4-9(10)13(15-16)11(17)8-12-14-6-7-18-12/h2-7,11,17H,8H2,1H3. The number of benzene rings is 1. The van der Waals surface area contributed by atoms with E-state index >= 15 is 0 Å². The summed E-state index contributed by atoms with van der Waals surface area (Å²) in [4.78, 5) is 4.19. The van der Waals surface area contributed by atoms with E-state index in [1.165, 1.54) is 0 Å². The zero-order chi connectivity index (χ0) is 12.5. The van der Waals surface area contributed by atoms with Gasteiger partial charge < -0.3 is 5.11 Å². The normalized spacial score (nSPS) is 13.0. The van der Waals surface area contributed by atoms with Crippen molar-refractivity contribution in [3.05, 3.63) is 46.5 Å². The van der Waals surface area contributed by atoms with Crippen molar-refractivity contribution in [2.45, 2.75) is 12.5 Å². The Balaban J connectivity index is 1.98. The molecule has 0 aliphatic heterocycles. The molecule has 5 heteroatoms. The van der Waals surface area contributed by atoms with E-state index in [4.69, 9.17) is 0 Å². The maximum absolute atomic E-state index is 10.3. The lowest BCUT2D eigenvalue weighted by atomic mass is 10.1. The summed E-state index contributed by atoms with van der Waals surface area (Å²) < 4.78 is 1.80. The Morgan fingerprint density at radius 3 is 3.00 bits per heavy atom. The fourth-order valence-electron chi connectivity index (χ4n) is 2.10. The largest absolute Gasteiger partial charge is 0.386 e. The van der Waals surface area contributed by atoms with Crippen LogP contribution in [0.2, 0.25) is 0 Å². The summed E-state index contributed by atoms with van der Waals surface area (Å²) in [6.45, 7) is 0. The van der Waals surface area contributed by atoms with E-state index in [1.807, 2.05) is 36.7 Å². The van der Waals surface area contributed by atoms with E-state index in [-0.39, 0.29) is 0 Å². The van der Waals surface area contributed by atoms with Gasteiger partial charge in [-0.15, -0.1) is 11.3 Å². The smallest absolute Gasteiger partial charge is 0.105 e.